The Bertz CT molecular complexity index is 2300. The summed E-state index contributed by atoms with van der Waals surface area (Å²) in [5.74, 6) is -2.50. The van der Waals surface area contributed by atoms with E-state index in [1.165, 1.54) is 77.0 Å². The summed E-state index contributed by atoms with van der Waals surface area (Å²) in [4.78, 5) is 72.7. The van der Waals surface area contributed by atoms with Gasteiger partial charge < -0.3 is 33.8 Å². The second kappa shape index (κ2) is 72.3. The highest BCUT2D eigenvalue weighted by molar-refractivity contribution is 7.47. The van der Waals surface area contributed by atoms with E-state index in [1.807, 2.05) is 36.5 Å². The predicted molar refractivity (Wildman–Crippen MR) is 408 cm³/mol. The fourth-order valence-electron chi connectivity index (χ4n) is 9.59. The summed E-state index contributed by atoms with van der Waals surface area (Å²) in [7, 11) is -10.0. The summed E-state index contributed by atoms with van der Waals surface area (Å²) in [6, 6.07) is 0. The Kier molecular flexibility index (Phi) is 68.6. The van der Waals surface area contributed by atoms with Gasteiger partial charge in [-0.05, 0) is 128 Å². The molecule has 0 aromatic rings. The van der Waals surface area contributed by atoms with Crippen LogP contribution in [0.15, 0.2) is 146 Å². The van der Waals surface area contributed by atoms with Gasteiger partial charge in [0.1, 0.15) is 19.3 Å². The van der Waals surface area contributed by atoms with E-state index in [1.54, 1.807) is 12.2 Å². The minimum Gasteiger partial charge on any atom is -0.461 e. The Balaban J connectivity index is 5.51. The van der Waals surface area contributed by atoms with E-state index < -0.39 is 97.5 Å². The molecule has 570 valence electrons. The Morgan fingerprint density at radius 3 is 0.840 bits per heavy atom. The molecule has 0 rings (SSSR count). The molecule has 4 unspecified atom stereocenters. The summed E-state index contributed by atoms with van der Waals surface area (Å²) >= 11 is 0. The molecule has 0 aromatic carbocycles. The van der Waals surface area contributed by atoms with Crippen LogP contribution in [0.5, 0.6) is 0 Å². The molecule has 4 atom stereocenters. The standard InChI is InChI=1S/C81H134O17P2/c1-5-9-13-17-21-25-29-33-37-41-45-49-53-57-61-65-78(83)91-71-76(97-80(85)67-63-59-55-51-47-43-39-35-31-27-23-19-15-11-7-3)73-95-99(87,88)93-69-75(82)70-94-100(89,90)96-74-77(98-81(86)68-64-60-56-52-48-44-40-36-32-28-24-20-16-12-8-4)72-92-79(84)66-62-58-54-50-46-42-38-34-30-26-22-18-14-10-6-2/h9-10,13-14,21-22,25-26,33-40,45-46,49-50,57-58,61-62,75-77,82H,5-8,11-12,15-20,23-24,27-32,41-44,47-48,51-56,59-60,63-74H2,1-4H3,(H,87,88)(H,89,90)/b13-9-,14-10-,25-21-,26-22-,37-33-,38-34-,39-35-,40-36-,49-45-,50-46-,61-57-,62-58-. The van der Waals surface area contributed by atoms with Crippen molar-refractivity contribution in [1.82, 2.24) is 0 Å². The number of aliphatic hydroxyl groups is 1. The van der Waals surface area contributed by atoms with Gasteiger partial charge in [0.05, 0.1) is 39.3 Å². The summed E-state index contributed by atoms with van der Waals surface area (Å²) in [5.41, 5.74) is 0. The SMILES string of the molecule is CC/C=C\C/C=C\C/C=C\C/C=C\C/C=C\CC(=O)OCC(COP(=O)(O)OCC(O)COP(=O)(O)OCC(COC(=O)C/C=C\C/C=C\C/C=C\C/C=C\C/C=C\CC)OC(=O)CCCCCCC/C=C\CCCCCCCC)OC(=O)CCCCCCC/C=C\CCCCCCCC. The average molecular weight is 1440 g/mol. The second-order valence-electron chi connectivity index (χ2n) is 24.9. The van der Waals surface area contributed by atoms with Gasteiger partial charge in [0.25, 0.3) is 0 Å². The van der Waals surface area contributed by atoms with Gasteiger partial charge >= 0.3 is 39.5 Å². The normalized spacial score (nSPS) is 14.8. The first kappa shape index (κ1) is 94.9. The Morgan fingerprint density at radius 1 is 0.300 bits per heavy atom. The molecule has 0 aliphatic carbocycles. The molecule has 0 aliphatic heterocycles. The molecule has 0 saturated heterocycles. The van der Waals surface area contributed by atoms with Crippen LogP contribution in [0.2, 0.25) is 0 Å². The number of aliphatic hydroxyl groups excluding tert-OH is 1. The van der Waals surface area contributed by atoms with E-state index in [2.05, 4.69) is 125 Å². The molecule has 0 aliphatic rings. The number of rotatable bonds is 70. The van der Waals surface area contributed by atoms with Gasteiger partial charge in [-0.25, -0.2) is 9.13 Å². The maximum atomic E-state index is 13.1. The van der Waals surface area contributed by atoms with Gasteiger partial charge in [-0.2, -0.15) is 0 Å². The summed E-state index contributed by atoms with van der Waals surface area (Å²) in [6.45, 7) is 4.37. The third kappa shape index (κ3) is 71.3. The van der Waals surface area contributed by atoms with E-state index in [-0.39, 0.29) is 25.7 Å². The summed E-state index contributed by atoms with van der Waals surface area (Å²) in [6.07, 6.45) is 81.9. The van der Waals surface area contributed by atoms with E-state index in [9.17, 15) is 43.2 Å². The quantitative estimate of drug-likeness (QED) is 0.0169. The van der Waals surface area contributed by atoms with E-state index >= 15 is 0 Å². The van der Waals surface area contributed by atoms with Crippen molar-refractivity contribution in [3.63, 3.8) is 0 Å². The number of unbranched alkanes of at least 4 members (excludes halogenated alkanes) is 22. The molecule has 0 aromatic heterocycles. The van der Waals surface area contributed by atoms with Crippen LogP contribution >= 0.6 is 15.6 Å². The first-order valence-corrected chi connectivity index (χ1v) is 41.1. The largest absolute Gasteiger partial charge is 0.472 e. The molecule has 19 heteroatoms. The molecule has 100 heavy (non-hydrogen) atoms. The van der Waals surface area contributed by atoms with Gasteiger partial charge in [-0.1, -0.05) is 276 Å². The van der Waals surface area contributed by atoms with Gasteiger partial charge in [0.2, 0.25) is 0 Å². The van der Waals surface area contributed by atoms with Crippen LogP contribution in [0.4, 0.5) is 0 Å². The lowest BCUT2D eigenvalue weighted by atomic mass is 10.1. The van der Waals surface area contributed by atoms with Crippen LogP contribution in [0.25, 0.3) is 0 Å². The summed E-state index contributed by atoms with van der Waals surface area (Å²) in [5, 5.41) is 10.6. The zero-order valence-corrected chi connectivity index (χ0v) is 63.9. The third-order valence-electron chi connectivity index (χ3n) is 15.3. The molecule has 0 saturated carbocycles. The lowest BCUT2D eigenvalue weighted by Crippen LogP contribution is -2.30. The Hall–Kier alpha value is -5.06. The van der Waals surface area contributed by atoms with Crippen molar-refractivity contribution >= 4 is 39.5 Å². The third-order valence-corrected chi connectivity index (χ3v) is 17.2. The van der Waals surface area contributed by atoms with Gasteiger partial charge in [0.15, 0.2) is 12.2 Å². The molecule has 0 bridgehead atoms. The number of hydrogen-bond acceptors (Lipinski definition) is 15. The molecular formula is C81H134O17P2. The predicted octanol–water partition coefficient (Wildman–Crippen LogP) is 21.9. The number of ether oxygens (including phenoxy) is 4. The first-order chi connectivity index (χ1) is 48.7. The van der Waals surface area contributed by atoms with Gasteiger partial charge in [0, 0.05) is 12.8 Å². The number of phosphoric acid groups is 2. The highest BCUT2D eigenvalue weighted by Gasteiger charge is 2.30. The molecule has 0 spiro atoms. The highest BCUT2D eigenvalue weighted by atomic mass is 31.2. The van der Waals surface area contributed by atoms with Crippen molar-refractivity contribution in [1.29, 1.82) is 0 Å². The molecule has 0 heterocycles. The first-order valence-electron chi connectivity index (χ1n) is 38.1. The van der Waals surface area contributed by atoms with Crippen molar-refractivity contribution in [3.05, 3.63) is 146 Å². The zero-order chi connectivity index (χ0) is 73.2. The number of carbonyl (C=O) groups is 4. The van der Waals surface area contributed by atoms with Crippen molar-refractivity contribution < 1.29 is 80.2 Å². The van der Waals surface area contributed by atoms with Crippen molar-refractivity contribution in [2.75, 3.05) is 39.6 Å². The maximum Gasteiger partial charge on any atom is 0.472 e. The van der Waals surface area contributed by atoms with Crippen molar-refractivity contribution in [2.45, 2.75) is 303 Å². The number of esters is 4. The molecule has 0 radical (unpaired) electrons. The minimum absolute atomic E-state index is 0.0599. The number of hydrogen-bond donors (Lipinski definition) is 3. The number of phosphoric ester groups is 2. The van der Waals surface area contributed by atoms with Crippen LogP contribution < -0.4 is 0 Å². The number of carbonyl (C=O) groups excluding carboxylic acids is 4. The lowest BCUT2D eigenvalue weighted by Gasteiger charge is -2.21. The van der Waals surface area contributed by atoms with Crippen LogP contribution in [0.3, 0.4) is 0 Å². The monoisotopic (exact) mass is 1440 g/mol. The minimum atomic E-state index is -5.01. The van der Waals surface area contributed by atoms with E-state index in [0.29, 0.717) is 25.7 Å². The Labute approximate surface area is 605 Å². The maximum absolute atomic E-state index is 13.1. The fraction of sp³-hybridized carbons (Fsp3) is 0.654. The average Bonchev–Trinajstić information content (AvgIpc) is 1.01. The second-order valence-corrected chi connectivity index (χ2v) is 27.8. The van der Waals surface area contributed by atoms with E-state index in [0.717, 1.165) is 128 Å². The smallest absolute Gasteiger partial charge is 0.461 e. The van der Waals surface area contributed by atoms with E-state index in [4.69, 9.17) is 37.0 Å². The molecular weight excluding hydrogens is 1310 g/mol. The van der Waals surface area contributed by atoms with Crippen LogP contribution in [0, 0.1) is 0 Å². The van der Waals surface area contributed by atoms with Crippen LogP contribution in [0.1, 0.15) is 285 Å². The van der Waals surface area contributed by atoms with Crippen molar-refractivity contribution in [3.8, 4) is 0 Å². The summed E-state index contributed by atoms with van der Waals surface area (Å²) < 4.78 is 68.2. The molecule has 0 fully saturated rings. The van der Waals surface area contributed by atoms with Crippen LogP contribution in [-0.4, -0.2) is 96.7 Å². The van der Waals surface area contributed by atoms with Gasteiger partial charge in [-0.3, -0.25) is 37.3 Å². The number of allylic oxidation sites excluding steroid dienone is 22. The zero-order valence-electron chi connectivity index (χ0n) is 62.1. The fourth-order valence-corrected chi connectivity index (χ4v) is 11.2. The lowest BCUT2D eigenvalue weighted by molar-refractivity contribution is -0.161. The van der Waals surface area contributed by atoms with Gasteiger partial charge in [-0.15, -0.1) is 0 Å². The van der Waals surface area contributed by atoms with Crippen LogP contribution in [-0.2, 0) is 65.4 Å². The Morgan fingerprint density at radius 2 is 0.550 bits per heavy atom. The highest BCUT2D eigenvalue weighted by Crippen LogP contribution is 2.45. The topological polar surface area (TPSA) is 237 Å². The van der Waals surface area contributed by atoms with Crippen molar-refractivity contribution in [2.24, 2.45) is 0 Å². The molecule has 3 N–H and O–H groups in total. The molecule has 0 amide bonds. The molecule has 17 nitrogen and oxygen atoms in total.